The molecule has 3 atom stereocenters. The van der Waals surface area contributed by atoms with Gasteiger partial charge in [0.15, 0.2) is 5.78 Å². The summed E-state index contributed by atoms with van der Waals surface area (Å²) in [6.45, 7) is 6.52. The number of carbonyl (C=O) groups is 2. The zero-order chi connectivity index (χ0) is 21.3. The van der Waals surface area contributed by atoms with Crippen LogP contribution in [0.25, 0.3) is 0 Å². The molecular weight excluding hydrogens is 380 g/mol. The van der Waals surface area contributed by atoms with E-state index in [1.165, 1.54) is 6.08 Å². The minimum Gasteiger partial charge on any atom is -0.494 e. The molecule has 1 saturated carbocycles. The first-order valence-corrected chi connectivity index (χ1v) is 10.7. The van der Waals surface area contributed by atoms with Crippen LogP contribution in [0.3, 0.4) is 0 Å². The van der Waals surface area contributed by atoms with Gasteiger partial charge in [-0.2, -0.15) is 0 Å². The average Bonchev–Trinajstić information content (AvgIpc) is 2.77. The Morgan fingerprint density at radius 1 is 1.13 bits per heavy atom. The molecule has 1 aromatic rings. The summed E-state index contributed by atoms with van der Waals surface area (Å²) in [5.74, 6) is 2.14. The second-order valence-corrected chi connectivity index (χ2v) is 7.68. The molecule has 0 aliphatic heterocycles. The number of ether oxygens (including phenoxy) is 3. The van der Waals surface area contributed by atoms with E-state index in [0.29, 0.717) is 43.5 Å². The van der Waals surface area contributed by atoms with Crippen molar-refractivity contribution in [2.45, 2.75) is 45.1 Å². The highest BCUT2D eigenvalue weighted by atomic mass is 16.5. The lowest BCUT2D eigenvalue weighted by molar-refractivity contribution is -0.114. The van der Waals surface area contributed by atoms with Crippen molar-refractivity contribution < 1.29 is 23.8 Å². The predicted molar refractivity (Wildman–Crippen MR) is 115 cm³/mol. The number of ketones is 1. The first-order valence-electron chi connectivity index (χ1n) is 10.7. The van der Waals surface area contributed by atoms with E-state index in [0.717, 1.165) is 30.8 Å². The van der Waals surface area contributed by atoms with Gasteiger partial charge in [-0.25, -0.2) is 4.79 Å². The lowest BCUT2D eigenvalue weighted by Crippen LogP contribution is -2.31. The van der Waals surface area contributed by atoms with Gasteiger partial charge in [-0.15, -0.1) is 0 Å². The Morgan fingerprint density at radius 3 is 2.67 bits per heavy atom. The number of allylic oxidation sites excluding steroid dienone is 4. The van der Waals surface area contributed by atoms with Gasteiger partial charge in [-0.05, 0) is 86.9 Å². The van der Waals surface area contributed by atoms with Crippen molar-refractivity contribution in [3.8, 4) is 5.75 Å². The van der Waals surface area contributed by atoms with Crippen LogP contribution < -0.4 is 4.74 Å². The lowest BCUT2D eigenvalue weighted by atomic mass is 9.75. The molecule has 0 radical (unpaired) electrons. The summed E-state index contributed by atoms with van der Waals surface area (Å²) in [6, 6.07) is 7.07. The van der Waals surface area contributed by atoms with Crippen molar-refractivity contribution in [3.63, 3.8) is 0 Å². The smallest absolute Gasteiger partial charge is 0.338 e. The zero-order valence-corrected chi connectivity index (χ0v) is 17.5. The summed E-state index contributed by atoms with van der Waals surface area (Å²) in [4.78, 5) is 23.7. The molecule has 0 heterocycles. The Morgan fingerprint density at radius 2 is 1.93 bits per heavy atom. The van der Waals surface area contributed by atoms with Gasteiger partial charge in [0, 0.05) is 6.42 Å². The van der Waals surface area contributed by atoms with Crippen LogP contribution in [0, 0.1) is 11.8 Å². The zero-order valence-electron chi connectivity index (χ0n) is 17.5. The molecule has 0 amide bonds. The number of fused-ring (bicyclic) bond motifs is 1. The van der Waals surface area contributed by atoms with E-state index in [1.807, 2.05) is 13.0 Å². The Balaban J connectivity index is 1.45. The molecule has 0 bridgehead atoms. The van der Waals surface area contributed by atoms with Crippen molar-refractivity contribution in [1.82, 2.24) is 0 Å². The summed E-state index contributed by atoms with van der Waals surface area (Å²) in [5.41, 5.74) is 0.547. The van der Waals surface area contributed by atoms with Crippen molar-refractivity contribution in [2.75, 3.05) is 13.2 Å². The van der Waals surface area contributed by atoms with Crippen LogP contribution in [0.15, 0.2) is 60.9 Å². The molecule has 1 aromatic carbocycles. The minimum absolute atomic E-state index is 0.0462. The molecule has 0 aromatic heterocycles. The van der Waals surface area contributed by atoms with E-state index < -0.39 is 0 Å². The van der Waals surface area contributed by atoms with E-state index >= 15 is 0 Å². The van der Waals surface area contributed by atoms with E-state index in [2.05, 4.69) is 18.7 Å². The van der Waals surface area contributed by atoms with Gasteiger partial charge in [0.25, 0.3) is 0 Å². The van der Waals surface area contributed by atoms with Crippen molar-refractivity contribution in [3.05, 3.63) is 66.5 Å². The van der Waals surface area contributed by atoms with Crippen LogP contribution in [0.4, 0.5) is 0 Å². The second kappa shape index (κ2) is 10.8. The maximum atomic E-state index is 12.5. The minimum atomic E-state index is -0.282. The van der Waals surface area contributed by atoms with Gasteiger partial charge in [0.2, 0.25) is 0 Å². The average molecular weight is 411 g/mol. The third kappa shape index (κ3) is 6.09. The predicted octanol–water partition coefficient (Wildman–Crippen LogP) is 5.03. The standard InChI is InChI=1S/C25H30O5/c1-3-21(26)6-5-15-29-23-13-9-20-17-24(14-10-19(20)16-23)30-25(27)18-7-11-22(12-8-18)28-4-2/h3,7-9,11-13,16,19-20,24H,1,4-6,10,14-15,17H2,2H3. The quantitative estimate of drug-likeness (QED) is 0.307. The highest BCUT2D eigenvalue weighted by Gasteiger charge is 2.32. The number of rotatable bonds is 10. The van der Waals surface area contributed by atoms with E-state index in [4.69, 9.17) is 14.2 Å². The van der Waals surface area contributed by atoms with Crippen LogP contribution in [0.2, 0.25) is 0 Å². The summed E-state index contributed by atoms with van der Waals surface area (Å²) >= 11 is 0. The lowest BCUT2D eigenvalue weighted by Gasteiger charge is -2.34. The third-order valence-electron chi connectivity index (χ3n) is 5.53. The van der Waals surface area contributed by atoms with Gasteiger partial charge in [0.1, 0.15) is 17.6 Å². The largest absolute Gasteiger partial charge is 0.494 e. The Bertz CT molecular complexity index is 805. The first-order chi connectivity index (χ1) is 14.6. The summed E-state index contributed by atoms with van der Waals surface area (Å²) < 4.78 is 17.0. The molecule has 5 heteroatoms. The maximum absolute atomic E-state index is 12.5. The van der Waals surface area contributed by atoms with E-state index in [1.54, 1.807) is 24.3 Å². The summed E-state index contributed by atoms with van der Waals surface area (Å²) in [5, 5.41) is 0. The van der Waals surface area contributed by atoms with E-state index in [9.17, 15) is 9.59 Å². The van der Waals surface area contributed by atoms with Gasteiger partial charge < -0.3 is 14.2 Å². The van der Waals surface area contributed by atoms with Crippen LogP contribution in [0.1, 0.15) is 49.4 Å². The SMILES string of the molecule is C=CC(=O)CCCOC1=CC2CCC(OC(=O)c3ccc(OCC)cc3)CC2C=C1. The van der Waals surface area contributed by atoms with Crippen LogP contribution in [0.5, 0.6) is 5.75 Å². The molecule has 160 valence electrons. The molecule has 2 aliphatic rings. The normalized spacial score (nSPS) is 22.4. The molecule has 0 saturated heterocycles. The first kappa shape index (κ1) is 21.9. The van der Waals surface area contributed by atoms with Crippen LogP contribution in [-0.4, -0.2) is 31.1 Å². The fraction of sp³-hybridized carbons (Fsp3) is 0.440. The third-order valence-corrected chi connectivity index (χ3v) is 5.53. The topological polar surface area (TPSA) is 61.8 Å². The van der Waals surface area contributed by atoms with Gasteiger partial charge in [-0.1, -0.05) is 12.7 Å². The molecule has 3 rings (SSSR count). The van der Waals surface area contributed by atoms with Gasteiger partial charge in [-0.3, -0.25) is 4.79 Å². The fourth-order valence-corrected chi connectivity index (χ4v) is 3.92. The number of hydrogen-bond acceptors (Lipinski definition) is 5. The van der Waals surface area contributed by atoms with Crippen molar-refractivity contribution in [1.29, 1.82) is 0 Å². The Labute approximate surface area is 178 Å². The molecule has 2 aliphatic carbocycles. The number of esters is 1. The van der Waals surface area contributed by atoms with E-state index in [-0.39, 0.29) is 17.9 Å². The summed E-state index contributed by atoms with van der Waals surface area (Å²) in [7, 11) is 0. The summed E-state index contributed by atoms with van der Waals surface area (Å²) in [6.07, 6.45) is 11.4. The molecular formula is C25H30O5. The maximum Gasteiger partial charge on any atom is 0.338 e. The van der Waals surface area contributed by atoms with Crippen molar-refractivity contribution >= 4 is 11.8 Å². The number of benzene rings is 1. The highest BCUT2D eigenvalue weighted by molar-refractivity contribution is 5.89. The highest BCUT2D eigenvalue weighted by Crippen LogP contribution is 2.37. The Kier molecular flexibility index (Phi) is 7.89. The number of carbonyl (C=O) groups excluding carboxylic acids is 2. The molecule has 3 unspecified atom stereocenters. The van der Waals surface area contributed by atoms with Gasteiger partial charge >= 0.3 is 5.97 Å². The Hall–Kier alpha value is -2.82. The molecule has 0 N–H and O–H groups in total. The molecule has 30 heavy (non-hydrogen) atoms. The van der Waals surface area contributed by atoms with Gasteiger partial charge in [0.05, 0.1) is 18.8 Å². The molecule has 1 fully saturated rings. The molecule has 5 nitrogen and oxygen atoms in total. The second-order valence-electron chi connectivity index (χ2n) is 7.68. The van der Waals surface area contributed by atoms with Crippen molar-refractivity contribution in [2.24, 2.45) is 11.8 Å². The fourth-order valence-electron chi connectivity index (χ4n) is 3.92. The monoisotopic (exact) mass is 410 g/mol. The molecule has 0 spiro atoms. The number of hydrogen-bond donors (Lipinski definition) is 0. The van der Waals surface area contributed by atoms with Crippen LogP contribution in [-0.2, 0) is 14.3 Å². The van der Waals surface area contributed by atoms with Crippen LogP contribution >= 0.6 is 0 Å².